The Hall–Kier alpha value is -5.42. The highest BCUT2D eigenvalue weighted by atomic mass is 19.1. The highest BCUT2D eigenvalue weighted by Gasteiger charge is 2.43. The fraction of sp³-hybridized carbons (Fsp3) is 0.250. The lowest BCUT2D eigenvalue weighted by Gasteiger charge is -2.47. The molecule has 3 aromatic heterocycles. The molecule has 6 aromatic rings. The van der Waals surface area contributed by atoms with E-state index in [2.05, 4.69) is 22.1 Å². The molecule has 0 aliphatic heterocycles. The van der Waals surface area contributed by atoms with E-state index in [-0.39, 0.29) is 28.9 Å². The van der Waals surface area contributed by atoms with Gasteiger partial charge in [-0.1, -0.05) is 97.9 Å². The summed E-state index contributed by atoms with van der Waals surface area (Å²) in [5.74, 6) is 0.382. The molecular weight excluding hydrogens is 602 g/mol. The lowest BCUT2D eigenvalue weighted by Crippen LogP contribution is -2.47. The van der Waals surface area contributed by atoms with Gasteiger partial charge < -0.3 is 5.32 Å². The lowest BCUT2D eigenvalue weighted by molar-refractivity contribution is 0.0926. The van der Waals surface area contributed by atoms with Crippen molar-refractivity contribution in [2.45, 2.75) is 44.2 Å². The number of pyridine rings is 2. The summed E-state index contributed by atoms with van der Waals surface area (Å²) in [6, 6.07) is 32.7. The van der Waals surface area contributed by atoms with Gasteiger partial charge in [-0.2, -0.15) is 5.10 Å². The van der Waals surface area contributed by atoms with Gasteiger partial charge in [0.25, 0.3) is 0 Å². The number of halogens is 2. The first-order valence-electron chi connectivity index (χ1n) is 16.5. The minimum atomic E-state index is -1.05. The molecule has 9 rings (SSSR count). The quantitative estimate of drug-likeness (QED) is 0.140. The molecule has 0 spiro atoms. The van der Waals surface area contributed by atoms with Crippen molar-refractivity contribution in [2.75, 3.05) is 5.32 Å². The van der Waals surface area contributed by atoms with Gasteiger partial charge in [0.1, 0.15) is 22.7 Å². The van der Waals surface area contributed by atoms with E-state index in [1.165, 1.54) is 31.2 Å². The van der Waals surface area contributed by atoms with Crippen LogP contribution in [-0.4, -0.2) is 25.8 Å². The van der Waals surface area contributed by atoms with Crippen LogP contribution in [0.3, 0.4) is 0 Å². The predicted octanol–water partition coefficient (Wildman–Crippen LogP) is 9.40. The summed E-state index contributed by atoms with van der Waals surface area (Å²) in [5, 5.41) is 9.04. The molecule has 3 saturated carbocycles. The number of fused-ring (bicyclic) bond motifs is 4. The Morgan fingerprint density at radius 1 is 0.792 bits per heavy atom. The lowest BCUT2D eigenvalue weighted by atomic mass is 9.62. The zero-order valence-electron chi connectivity index (χ0n) is 26.5. The number of anilines is 1. The Morgan fingerprint density at radius 2 is 1.35 bits per heavy atom. The van der Waals surface area contributed by atoms with Gasteiger partial charge in [0, 0.05) is 6.04 Å². The first-order valence-corrected chi connectivity index (χ1v) is 16.5. The van der Waals surface area contributed by atoms with Crippen LogP contribution < -0.4 is 5.32 Å². The van der Waals surface area contributed by atoms with Crippen LogP contribution in [0.15, 0.2) is 109 Å². The minimum Gasteiger partial charge on any atom is -0.364 e. The van der Waals surface area contributed by atoms with Gasteiger partial charge in [0.15, 0.2) is 17.3 Å². The first-order chi connectivity index (χ1) is 23.5. The molecule has 3 aliphatic carbocycles. The maximum Gasteiger partial charge on any atom is 0.217 e. The van der Waals surface area contributed by atoms with Gasteiger partial charge in [-0.05, 0) is 72.3 Å². The van der Waals surface area contributed by atoms with E-state index in [9.17, 15) is 0 Å². The largest absolute Gasteiger partial charge is 0.364 e. The van der Waals surface area contributed by atoms with Gasteiger partial charge in [0.05, 0.1) is 18.2 Å². The molecule has 0 saturated heterocycles. The van der Waals surface area contributed by atoms with E-state index < -0.39 is 17.2 Å². The van der Waals surface area contributed by atoms with E-state index >= 15 is 8.78 Å². The van der Waals surface area contributed by atoms with Crippen LogP contribution in [-0.2, 0) is 5.54 Å². The van der Waals surface area contributed by atoms with E-state index in [0.29, 0.717) is 28.8 Å². The van der Waals surface area contributed by atoms with Crippen LogP contribution in [0.5, 0.6) is 0 Å². The van der Waals surface area contributed by atoms with Crippen molar-refractivity contribution in [1.82, 2.24) is 19.7 Å². The van der Waals surface area contributed by atoms with Crippen molar-refractivity contribution in [3.05, 3.63) is 149 Å². The van der Waals surface area contributed by atoms with Crippen LogP contribution in [0, 0.1) is 36.0 Å². The topological polar surface area (TPSA) is 60.0 Å². The maximum atomic E-state index is 15.7. The zero-order chi connectivity index (χ0) is 32.8. The van der Waals surface area contributed by atoms with Gasteiger partial charge in [-0.3, -0.25) is 0 Å². The molecule has 0 amide bonds. The molecule has 3 aromatic carbocycles. The van der Waals surface area contributed by atoms with Crippen LogP contribution in [0.2, 0.25) is 0 Å². The normalized spacial score (nSPS) is 20.5. The molecule has 1 unspecified atom stereocenters. The molecule has 8 heteroatoms. The van der Waals surface area contributed by atoms with Crippen LogP contribution >= 0.6 is 0 Å². The zero-order valence-corrected chi connectivity index (χ0v) is 26.5. The Bertz CT molecular complexity index is 2040. The fourth-order valence-corrected chi connectivity index (χ4v) is 8.29. The Kier molecular flexibility index (Phi) is 7.48. The molecule has 1 N–H and O–H groups in total. The van der Waals surface area contributed by atoms with Gasteiger partial charge in [0.2, 0.25) is 5.69 Å². The molecule has 48 heavy (non-hydrogen) atoms. The highest BCUT2D eigenvalue weighted by Crippen LogP contribution is 2.47. The molecule has 2 bridgehead atoms. The average Bonchev–Trinajstić information content (AvgIpc) is 3.50. The van der Waals surface area contributed by atoms with Crippen molar-refractivity contribution in [3.8, 4) is 11.4 Å². The summed E-state index contributed by atoms with van der Waals surface area (Å²) in [5.41, 5.74) is 2.51. The van der Waals surface area contributed by atoms with Crippen LogP contribution in [0.25, 0.3) is 27.3 Å². The number of nitrogens with one attached hydrogen (secondary N) is 1. The van der Waals surface area contributed by atoms with Gasteiger partial charge in [-0.15, -0.1) is 0 Å². The second-order valence-corrected chi connectivity index (χ2v) is 13.1. The smallest absolute Gasteiger partial charge is 0.217 e. The second kappa shape index (κ2) is 12.0. The minimum absolute atomic E-state index is 0.00296. The molecular formula is C40H34F2N6. The number of rotatable bonds is 7. The van der Waals surface area contributed by atoms with E-state index in [0.717, 1.165) is 29.5 Å². The van der Waals surface area contributed by atoms with Crippen molar-refractivity contribution in [1.29, 1.82) is 0 Å². The molecule has 6 nitrogen and oxygen atoms in total. The SMILES string of the molecule is [C-]#[N+]c1cc(F)c(NC2C3CCC(CC3)[C@@H]2C)nc1-c1nn(C(c2ccccc2)(c2ccccc2)c2ccccc2)c2ncc(F)cc12. The molecule has 238 valence electrons. The summed E-state index contributed by atoms with van der Waals surface area (Å²) >= 11 is 0. The number of benzene rings is 3. The Labute approximate surface area is 278 Å². The number of nitrogens with zero attached hydrogens (tertiary/aromatic N) is 5. The summed E-state index contributed by atoms with van der Waals surface area (Å²) < 4.78 is 32.7. The number of hydrogen-bond donors (Lipinski definition) is 1. The number of aromatic nitrogens is 4. The Morgan fingerprint density at radius 3 is 1.90 bits per heavy atom. The van der Waals surface area contributed by atoms with Crippen molar-refractivity contribution >= 4 is 22.5 Å². The van der Waals surface area contributed by atoms with E-state index in [1.807, 2.05) is 95.7 Å². The third kappa shape index (κ3) is 4.76. The third-order valence-electron chi connectivity index (χ3n) is 10.6. The van der Waals surface area contributed by atoms with Gasteiger partial charge in [-0.25, -0.2) is 28.3 Å². The second-order valence-electron chi connectivity index (χ2n) is 13.1. The van der Waals surface area contributed by atoms with E-state index in [4.69, 9.17) is 16.7 Å². The summed E-state index contributed by atoms with van der Waals surface area (Å²) in [6.45, 7) is 10.2. The summed E-state index contributed by atoms with van der Waals surface area (Å²) in [7, 11) is 0. The van der Waals surface area contributed by atoms with Crippen molar-refractivity contribution in [2.24, 2.45) is 17.8 Å². The fourth-order valence-electron chi connectivity index (χ4n) is 8.29. The molecule has 2 atom stereocenters. The van der Waals surface area contributed by atoms with E-state index in [1.54, 1.807) is 0 Å². The molecule has 3 fully saturated rings. The number of hydrogen-bond acceptors (Lipinski definition) is 4. The van der Waals surface area contributed by atoms with Crippen LogP contribution in [0.4, 0.5) is 20.3 Å². The summed E-state index contributed by atoms with van der Waals surface area (Å²) in [6.07, 6.45) is 5.81. The third-order valence-corrected chi connectivity index (χ3v) is 10.6. The monoisotopic (exact) mass is 636 g/mol. The predicted molar refractivity (Wildman–Crippen MR) is 184 cm³/mol. The average molecular weight is 637 g/mol. The standard InChI is InChI=1S/C40H34F2N6/c1-25-26-18-20-27(21-19-26)35(25)45-38-33(42)23-34(43-2)37(46-38)36-32-22-31(41)24-44-39(32)48(47-36)40(28-12-6-3-7-13-28,29-14-8-4-9-15-29)30-16-10-5-11-17-30/h3-17,22-27,35H,18-21H2,1H3,(H,45,46)/t25-,26?,27?,35?/m0/s1. The summed E-state index contributed by atoms with van der Waals surface area (Å²) in [4.78, 5) is 13.1. The van der Waals surface area contributed by atoms with Crippen LogP contribution in [0.1, 0.15) is 49.3 Å². The molecule has 0 radical (unpaired) electrons. The first kappa shape index (κ1) is 29.9. The highest BCUT2D eigenvalue weighted by molar-refractivity contribution is 5.94. The maximum absolute atomic E-state index is 15.7. The molecule has 3 heterocycles. The van der Waals surface area contributed by atoms with Crippen molar-refractivity contribution < 1.29 is 8.78 Å². The Balaban J connectivity index is 1.40. The molecule has 3 aliphatic rings. The van der Waals surface area contributed by atoms with Crippen molar-refractivity contribution in [3.63, 3.8) is 0 Å². The van der Waals surface area contributed by atoms with Gasteiger partial charge >= 0.3 is 0 Å².